The molecule has 1 aromatic carbocycles. The van der Waals surface area contributed by atoms with Crippen LogP contribution < -0.4 is 10.5 Å². The molecule has 1 fully saturated rings. The van der Waals surface area contributed by atoms with E-state index in [2.05, 4.69) is 0 Å². The van der Waals surface area contributed by atoms with Crippen molar-refractivity contribution in [3.8, 4) is 5.75 Å². The molecule has 2 N–H and O–H groups in total. The lowest BCUT2D eigenvalue weighted by molar-refractivity contribution is -0.134. The van der Waals surface area contributed by atoms with E-state index in [1.165, 1.54) is 6.07 Å². The van der Waals surface area contributed by atoms with Crippen molar-refractivity contribution in [3.63, 3.8) is 0 Å². The van der Waals surface area contributed by atoms with E-state index < -0.39 is 11.6 Å². The molecule has 0 radical (unpaired) electrons. The summed E-state index contributed by atoms with van der Waals surface area (Å²) in [6, 6.07) is 3.50. The summed E-state index contributed by atoms with van der Waals surface area (Å²) in [7, 11) is 0. The first-order valence-electron chi connectivity index (χ1n) is 7.60. The third-order valence-corrected chi connectivity index (χ3v) is 3.92. The maximum Gasteiger partial charge on any atom is 0.222 e. The van der Waals surface area contributed by atoms with Gasteiger partial charge in [-0.2, -0.15) is 0 Å². The van der Waals surface area contributed by atoms with Crippen molar-refractivity contribution < 1.29 is 18.3 Å². The number of piperidine rings is 1. The lowest BCUT2D eigenvalue weighted by atomic mass is 9.98. The van der Waals surface area contributed by atoms with Crippen LogP contribution in [-0.2, 0) is 4.79 Å². The van der Waals surface area contributed by atoms with Crippen molar-refractivity contribution in [2.24, 2.45) is 5.73 Å². The fourth-order valence-electron chi connectivity index (χ4n) is 2.72. The van der Waals surface area contributed by atoms with Gasteiger partial charge in [-0.25, -0.2) is 8.78 Å². The van der Waals surface area contributed by atoms with E-state index in [4.69, 9.17) is 10.5 Å². The minimum absolute atomic E-state index is 0.00571. The second-order valence-electron chi connectivity index (χ2n) is 5.75. The van der Waals surface area contributed by atoms with E-state index in [0.29, 0.717) is 19.4 Å². The lowest BCUT2D eigenvalue weighted by Gasteiger charge is -2.36. The van der Waals surface area contributed by atoms with Gasteiger partial charge < -0.3 is 15.4 Å². The van der Waals surface area contributed by atoms with Crippen LogP contribution in [-0.4, -0.2) is 36.0 Å². The summed E-state index contributed by atoms with van der Waals surface area (Å²) in [5, 5.41) is 0. The van der Waals surface area contributed by atoms with Crippen LogP contribution in [0, 0.1) is 11.6 Å². The van der Waals surface area contributed by atoms with Crippen molar-refractivity contribution >= 4 is 5.91 Å². The molecule has 6 heteroatoms. The minimum Gasteiger partial charge on any atom is -0.491 e. The molecule has 1 heterocycles. The van der Waals surface area contributed by atoms with Gasteiger partial charge in [-0.15, -0.1) is 0 Å². The van der Waals surface area contributed by atoms with Crippen LogP contribution in [0.3, 0.4) is 0 Å². The van der Waals surface area contributed by atoms with Crippen LogP contribution in [0.1, 0.15) is 32.6 Å². The Morgan fingerprint density at radius 2 is 2.23 bits per heavy atom. The topological polar surface area (TPSA) is 55.6 Å². The molecule has 0 bridgehead atoms. The zero-order valence-corrected chi connectivity index (χ0v) is 12.7. The van der Waals surface area contributed by atoms with Gasteiger partial charge in [-0.1, -0.05) is 0 Å². The first-order chi connectivity index (χ1) is 10.5. The van der Waals surface area contributed by atoms with E-state index in [1.807, 2.05) is 11.8 Å². The van der Waals surface area contributed by atoms with Crippen molar-refractivity contribution in [2.75, 3.05) is 13.2 Å². The van der Waals surface area contributed by atoms with Gasteiger partial charge in [-0.05, 0) is 38.3 Å². The fourth-order valence-corrected chi connectivity index (χ4v) is 2.72. The van der Waals surface area contributed by atoms with Gasteiger partial charge in [0.25, 0.3) is 0 Å². The molecule has 2 rings (SSSR count). The minimum atomic E-state index is -0.732. The zero-order chi connectivity index (χ0) is 16.1. The monoisotopic (exact) mass is 312 g/mol. The number of nitrogens with two attached hydrogens (primary N) is 1. The number of carbonyl (C=O) groups excluding carboxylic acids is 1. The number of nitrogens with zero attached hydrogens (tertiary/aromatic N) is 1. The predicted molar refractivity (Wildman–Crippen MR) is 79.5 cm³/mol. The largest absolute Gasteiger partial charge is 0.491 e. The van der Waals surface area contributed by atoms with E-state index in [1.54, 1.807) is 0 Å². The molecule has 0 saturated carbocycles. The zero-order valence-electron chi connectivity index (χ0n) is 12.7. The van der Waals surface area contributed by atoms with Crippen LogP contribution in [0.15, 0.2) is 18.2 Å². The van der Waals surface area contributed by atoms with Crippen LogP contribution in [0.4, 0.5) is 8.78 Å². The average Bonchev–Trinajstić information content (AvgIpc) is 2.45. The van der Waals surface area contributed by atoms with Crippen molar-refractivity contribution in [3.05, 3.63) is 29.8 Å². The van der Waals surface area contributed by atoms with Crippen LogP contribution in [0.25, 0.3) is 0 Å². The number of amides is 1. The van der Waals surface area contributed by atoms with Crippen molar-refractivity contribution in [1.82, 2.24) is 4.90 Å². The molecule has 1 aliphatic rings. The molecule has 122 valence electrons. The summed E-state index contributed by atoms with van der Waals surface area (Å²) >= 11 is 0. The number of hydrogen-bond donors (Lipinski definition) is 1. The van der Waals surface area contributed by atoms with Gasteiger partial charge in [0.1, 0.15) is 5.82 Å². The van der Waals surface area contributed by atoms with Crippen LogP contribution in [0.2, 0.25) is 0 Å². The Kier molecular flexibility index (Phi) is 5.71. The number of rotatable bonds is 5. The highest BCUT2D eigenvalue weighted by molar-refractivity contribution is 5.76. The van der Waals surface area contributed by atoms with Gasteiger partial charge in [0.15, 0.2) is 11.6 Å². The summed E-state index contributed by atoms with van der Waals surface area (Å²) < 4.78 is 31.4. The SMILES string of the molecule is C[C@@H]1C[C@H](N)CCN1C(=O)CCCOc1ccc(F)cc1F. The lowest BCUT2D eigenvalue weighted by Crippen LogP contribution is -2.48. The summed E-state index contributed by atoms with van der Waals surface area (Å²) in [6.07, 6.45) is 2.49. The first-order valence-corrected chi connectivity index (χ1v) is 7.60. The average molecular weight is 312 g/mol. The summed E-state index contributed by atoms with van der Waals surface area (Å²) in [5.41, 5.74) is 5.88. The van der Waals surface area contributed by atoms with E-state index in [-0.39, 0.29) is 30.3 Å². The molecule has 4 nitrogen and oxygen atoms in total. The molecule has 1 amide bonds. The fraction of sp³-hybridized carbons (Fsp3) is 0.562. The summed E-state index contributed by atoms with van der Waals surface area (Å²) in [6.45, 7) is 2.91. The Morgan fingerprint density at radius 3 is 2.91 bits per heavy atom. The number of halogens is 2. The summed E-state index contributed by atoms with van der Waals surface area (Å²) in [5.74, 6) is -1.30. The van der Waals surface area contributed by atoms with Gasteiger partial charge >= 0.3 is 0 Å². The number of benzene rings is 1. The van der Waals surface area contributed by atoms with E-state index in [0.717, 1.165) is 25.0 Å². The molecular formula is C16H22F2N2O2. The molecule has 0 unspecified atom stereocenters. The smallest absolute Gasteiger partial charge is 0.222 e. The van der Waals surface area contributed by atoms with E-state index in [9.17, 15) is 13.6 Å². The second kappa shape index (κ2) is 7.54. The molecular weight excluding hydrogens is 290 g/mol. The maximum atomic E-state index is 13.4. The molecule has 1 saturated heterocycles. The van der Waals surface area contributed by atoms with Crippen LogP contribution in [0.5, 0.6) is 5.75 Å². The Morgan fingerprint density at radius 1 is 1.45 bits per heavy atom. The number of ether oxygens (including phenoxy) is 1. The summed E-state index contributed by atoms with van der Waals surface area (Å²) in [4.78, 5) is 14.0. The van der Waals surface area contributed by atoms with Gasteiger partial charge in [-0.3, -0.25) is 4.79 Å². The highest BCUT2D eigenvalue weighted by atomic mass is 19.1. The Balaban J connectivity index is 1.73. The number of likely N-dealkylation sites (tertiary alicyclic amines) is 1. The maximum absolute atomic E-state index is 13.4. The van der Waals surface area contributed by atoms with Gasteiger partial charge in [0.2, 0.25) is 5.91 Å². The van der Waals surface area contributed by atoms with Crippen molar-refractivity contribution in [1.29, 1.82) is 0 Å². The van der Waals surface area contributed by atoms with Gasteiger partial charge in [0, 0.05) is 31.1 Å². The molecule has 2 atom stereocenters. The Labute approximate surface area is 129 Å². The highest BCUT2D eigenvalue weighted by Crippen LogP contribution is 2.19. The Hall–Kier alpha value is -1.69. The number of carbonyl (C=O) groups is 1. The standard InChI is InChI=1S/C16H22F2N2O2/c1-11-9-13(19)6-7-20(11)16(21)3-2-8-22-15-5-4-12(17)10-14(15)18/h4-5,10-11,13H,2-3,6-9,19H2,1H3/t11-,13-/m1/s1. The van der Waals surface area contributed by atoms with E-state index >= 15 is 0 Å². The highest BCUT2D eigenvalue weighted by Gasteiger charge is 2.26. The quantitative estimate of drug-likeness (QED) is 0.850. The second-order valence-corrected chi connectivity index (χ2v) is 5.75. The third-order valence-electron chi connectivity index (χ3n) is 3.92. The third kappa shape index (κ3) is 4.40. The van der Waals surface area contributed by atoms with Crippen LogP contribution >= 0.6 is 0 Å². The predicted octanol–water partition coefficient (Wildman–Crippen LogP) is 2.46. The molecule has 22 heavy (non-hydrogen) atoms. The molecule has 0 spiro atoms. The van der Waals surface area contributed by atoms with Crippen molar-refractivity contribution in [2.45, 2.75) is 44.7 Å². The molecule has 1 aliphatic heterocycles. The molecule has 0 aliphatic carbocycles. The molecule has 1 aromatic rings. The van der Waals surface area contributed by atoms with Gasteiger partial charge in [0.05, 0.1) is 6.61 Å². The normalized spacial score (nSPS) is 21.7. The molecule has 0 aromatic heterocycles. The Bertz CT molecular complexity index is 525. The number of hydrogen-bond acceptors (Lipinski definition) is 3. The first kappa shape index (κ1) is 16.7.